The molecule has 26 heavy (non-hydrogen) atoms. The molecule has 136 valence electrons. The Balaban J connectivity index is 1.80. The van der Waals surface area contributed by atoms with Crippen LogP contribution in [0, 0.1) is 6.92 Å². The minimum Gasteiger partial charge on any atom is -0.478 e. The molecule has 2 aromatic rings. The first kappa shape index (κ1) is 17.6. The maximum atomic E-state index is 12.3. The van der Waals surface area contributed by atoms with Crippen molar-refractivity contribution in [3.05, 3.63) is 41.1 Å². The van der Waals surface area contributed by atoms with Gasteiger partial charge in [-0.25, -0.2) is 27.7 Å². The number of aromatic nitrogens is 2. The molecule has 1 aliphatic rings. The Morgan fingerprint density at radius 3 is 2.69 bits per heavy atom. The molecule has 2 amide bonds. The maximum Gasteiger partial charge on any atom is 0.337 e. The van der Waals surface area contributed by atoms with Crippen molar-refractivity contribution in [2.45, 2.75) is 18.2 Å². The van der Waals surface area contributed by atoms with E-state index in [9.17, 15) is 18.0 Å². The number of nitrogens with one attached hydrogen (secondary N) is 2. The van der Waals surface area contributed by atoms with Crippen LogP contribution in [-0.2, 0) is 16.4 Å². The molecule has 1 aromatic carbocycles. The van der Waals surface area contributed by atoms with E-state index in [0.29, 0.717) is 24.6 Å². The van der Waals surface area contributed by atoms with Gasteiger partial charge in [-0.15, -0.1) is 0 Å². The summed E-state index contributed by atoms with van der Waals surface area (Å²) in [5.74, 6) is -1.21. The standard InChI is InChI=1S/C15H14N4O6S/c1-8-9-6-7-25-12(9)17-14(16-8)18-15(22)19-26(23,24)11-5-3-2-4-10(11)13(20)21/h2-5H,6-7H2,1H3,(H,20,21)(H2,16,17,18,19,22). The van der Waals surface area contributed by atoms with Crippen molar-refractivity contribution in [3.8, 4) is 5.88 Å². The molecule has 0 unspecified atom stereocenters. The number of carboxylic acid groups (broad SMARTS) is 1. The number of amides is 2. The smallest absolute Gasteiger partial charge is 0.337 e. The highest BCUT2D eigenvalue weighted by Crippen LogP contribution is 2.26. The van der Waals surface area contributed by atoms with Crippen LogP contribution in [0.4, 0.5) is 10.7 Å². The zero-order valence-corrected chi connectivity index (χ0v) is 14.3. The molecular formula is C15H14N4O6S. The highest BCUT2D eigenvalue weighted by Gasteiger charge is 2.25. The number of fused-ring (bicyclic) bond motifs is 1. The van der Waals surface area contributed by atoms with Gasteiger partial charge >= 0.3 is 12.0 Å². The average molecular weight is 378 g/mol. The van der Waals surface area contributed by atoms with Gasteiger partial charge in [0.1, 0.15) is 4.90 Å². The van der Waals surface area contributed by atoms with E-state index in [2.05, 4.69) is 15.3 Å². The Morgan fingerprint density at radius 2 is 1.96 bits per heavy atom. The summed E-state index contributed by atoms with van der Waals surface area (Å²) in [6.07, 6.45) is 0.661. The first-order chi connectivity index (χ1) is 12.3. The molecular weight excluding hydrogens is 364 g/mol. The first-order valence-corrected chi connectivity index (χ1v) is 8.92. The maximum absolute atomic E-state index is 12.3. The van der Waals surface area contributed by atoms with E-state index in [1.807, 2.05) is 0 Å². The van der Waals surface area contributed by atoms with E-state index in [-0.39, 0.29) is 5.95 Å². The highest BCUT2D eigenvalue weighted by molar-refractivity contribution is 7.90. The topological polar surface area (TPSA) is 148 Å². The van der Waals surface area contributed by atoms with Gasteiger partial charge in [0.25, 0.3) is 10.0 Å². The normalized spacial score (nSPS) is 12.8. The number of ether oxygens (including phenoxy) is 1. The Hall–Kier alpha value is -3.21. The van der Waals surface area contributed by atoms with E-state index in [0.717, 1.165) is 17.7 Å². The fraction of sp³-hybridized carbons (Fsp3) is 0.200. The lowest BCUT2D eigenvalue weighted by Crippen LogP contribution is -2.35. The number of carboxylic acids is 1. The molecule has 0 saturated carbocycles. The fourth-order valence-corrected chi connectivity index (χ4v) is 3.57. The largest absolute Gasteiger partial charge is 0.478 e. The van der Waals surface area contributed by atoms with Crippen molar-refractivity contribution < 1.29 is 27.9 Å². The zero-order chi connectivity index (χ0) is 18.9. The summed E-state index contributed by atoms with van der Waals surface area (Å²) in [5, 5.41) is 11.3. The number of carbonyl (C=O) groups is 2. The van der Waals surface area contributed by atoms with Crippen LogP contribution in [0.15, 0.2) is 29.2 Å². The van der Waals surface area contributed by atoms with Gasteiger partial charge in [-0.2, -0.15) is 4.98 Å². The second-order valence-corrected chi connectivity index (χ2v) is 7.03. The van der Waals surface area contributed by atoms with Crippen LogP contribution in [0.5, 0.6) is 5.88 Å². The summed E-state index contributed by atoms with van der Waals surface area (Å²) in [4.78, 5) is 30.7. The Morgan fingerprint density at radius 1 is 1.23 bits per heavy atom. The van der Waals surface area contributed by atoms with Gasteiger partial charge in [0.15, 0.2) is 0 Å². The van der Waals surface area contributed by atoms with E-state index < -0.39 is 32.5 Å². The quantitative estimate of drug-likeness (QED) is 0.712. The number of nitrogens with zero attached hydrogens (tertiary/aromatic N) is 2. The van der Waals surface area contributed by atoms with Crippen LogP contribution < -0.4 is 14.8 Å². The van der Waals surface area contributed by atoms with Gasteiger partial charge in [0, 0.05) is 12.0 Å². The number of anilines is 1. The van der Waals surface area contributed by atoms with Crippen molar-refractivity contribution in [3.63, 3.8) is 0 Å². The summed E-state index contributed by atoms with van der Waals surface area (Å²) >= 11 is 0. The molecule has 10 nitrogen and oxygen atoms in total. The van der Waals surface area contributed by atoms with Crippen LogP contribution in [0.3, 0.4) is 0 Å². The van der Waals surface area contributed by atoms with E-state index in [1.54, 1.807) is 11.6 Å². The number of hydrogen-bond donors (Lipinski definition) is 3. The number of sulfonamides is 1. The second-order valence-electron chi connectivity index (χ2n) is 5.38. The second kappa shape index (κ2) is 6.59. The van der Waals surface area contributed by atoms with Crippen molar-refractivity contribution in [2.75, 3.05) is 11.9 Å². The fourth-order valence-electron chi connectivity index (χ4n) is 2.46. The van der Waals surface area contributed by atoms with E-state index in [1.165, 1.54) is 12.1 Å². The molecule has 1 aromatic heterocycles. The zero-order valence-electron chi connectivity index (χ0n) is 13.5. The first-order valence-electron chi connectivity index (χ1n) is 7.44. The number of aryl methyl sites for hydroxylation is 1. The predicted octanol–water partition coefficient (Wildman–Crippen LogP) is 0.929. The molecule has 0 saturated heterocycles. The molecule has 3 N–H and O–H groups in total. The summed E-state index contributed by atoms with van der Waals surface area (Å²) in [6.45, 7) is 2.18. The number of rotatable bonds is 4. The van der Waals surface area contributed by atoms with Gasteiger partial charge < -0.3 is 9.84 Å². The van der Waals surface area contributed by atoms with Gasteiger partial charge in [0.05, 0.1) is 17.9 Å². The van der Waals surface area contributed by atoms with E-state index >= 15 is 0 Å². The molecule has 3 rings (SSSR count). The molecule has 0 fully saturated rings. The van der Waals surface area contributed by atoms with Gasteiger partial charge in [-0.05, 0) is 19.1 Å². The summed E-state index contributed by atoms with van der Waals surface area (Å²) < 4.78 is 31.7. The number of hydrogen-bond acceptors (Lipinski definition) is 7. The Kier molecular flexibility index (Phi) is 4.47. The SMILES string of the molecule is Cc1nc(NC(=O)NS(=O)(=O)c2ccccc2C(=O)O)nc2c1CCO2. The predicted molar refractivity (Wildman–Crippen MR) is 88.7 cm³/mol. The average Bonchev–Trinajstić information content (AvgIpc) is 3.03. The van der Waals surface area contributed by atoms with Crippen LogP contribution >= 0.6 is 0 Å². The summed E-state index contributed by atoms with van der Waals surface area (Å²) in [7, 11) is -4.41. The van der Waals surface area contributed by atoms with Gasteiger partial charge in [-0.1, -0.05) is 12.1 Å². The summed E-state index contributed by atoms with van der Waals surface area (Å²) in [6, 6.07) is 3.82. The monoisotopic (exact) mass is 378 g/mol. The van der Waals surface area contributed by atoms with Crippen LogP contribution in [-0.4, -0.2) is 42.1 Å². The molecule has 0 atom stereocenters. The Labute approximate surface area is 148 Å². The number of carbonyl (C=O) groups excluding carboxylic acids is 1. The molecule has 2 heterocycles. The third-order valence-electron chi connectivity index (χ3n) is 3.63. The third kappa shape index (κ3) is 3.42. The third-order valence-corrected chi connectivity index (χ3v) is 5.02. The molecule has 0 radical (unpaired) electrons. The van der Waals surface area contributed by atoms with E-state index in [4.69, 9.17) is 9.84 Å². The van der Waals surface area contributed by atoms with Gasteiger partial charge in [-0.3, -0.25) is 5.32 Å². The minimum absolute atomic E-state index is 0.123. The molecule has 11 heteroatoms. The lowest BCUT2D eigenvalue weighted by molar-refractivity contribution is 0.0692. The molecule has 1 aliphatic heterocycles. The number of urea groups is 1. The summed E-state index contributed by atoms with van der Waals surface area (Å²) in [5.41, 5.74) is 0.992. The number of aromatic carboxylic acids is 1. The molecule has 0 bridgehead atoms. The van der Waals surface area contributed by atoms with Crippen LogP contribution in [0.2, 0.25) is 0 Å². The molecule has 0 spiro atoms. The lowest BCUT2D eigenvalue weighted by atomic mass is 10.2. The Bertz CT molecular complexity index is 1010. The van der Waals surface area contributed by atoms with Crippen LogP contribution in [0.1, 0.15) is 21.6 Å². The highest BCUT2D eigenvalue weighted by atomic mass is 32.2. The van der Waals surface area contributed by atoms with Crippen molar-refractivity contribution >= 4 is 28.0 Å². The lowest BCUT2D eigenvalue weighted by Gasteiger charge is -2.10. The van der Waals surface area contributed by atoms with Gasteiger partial charge in [0.2, 0.25) is 11.8 Å². The van der Waals surface area contributed by atoms with Crippen molar-refractivity contribution in [1.82, 2.24) is 14.7 Å². The van der Waals surface area contributed by atoms with Crippen molar-refractivity contribution in [2.24, 2.45) is 0 Å². The molecule has 0 aliphatic carbocycles. The van der Waals surface area contributed by atoms with Crippen LogP contribution in [0.25, 0.3) is 0 Å². The minimum atomic E-state index is -4.41. The number of benzene rings is 1. The van der Waals surface area contributed by atoms with Crippen molar-refractivity contribution in [1.29, 1.82) is 0 Å².